The highest BCUT2D eigenvalue weighted by molar-refractivity contribution is 5.77. The molecule has 0 spiro atoms. The second kappa shape index (κ2) is 5.60. The molecule has 1 aromatic rings. The van der Waals surface area contributed by atoms with Gasteiger partial charge < -0.3 is 15.5 Å². The molecular weight excluding hydrogens is 252 g/mol. The molecule has 0 saturated heterocycles. The topological polar surface area (TPSA) is 68.3 Å². The summed E-state index contributed by atoms with van der Waals surface area (Å²) in [6.07, 6.45) is 3.07. The molecule has 0 fully saturated rings. The van der Waals surface area contributed by atoms with Gasteiger partial charge in [0, 0.05) is 24.4 Å². The number of rotatable bonds is 4. The Morgan fingerprint density at radius 3 is 2.95 bits per heavy atom. The summed E-state index contributed by atoms with van der Waals surface area (Å²) < 4.78 is 5.78. The van der Waals surface area contributed by atoms with Crippen LogP contribution in [0.15, 0.2) is 10.5 Å². The van der Waals surface area contributed by atoms with Crippen molar-refractivity contribution in [3.63, 3.8) is 0 Å². The molecule has 1 amide bonds. The van der Waals surface area contributed by atoms with E-state index in [0.717, 1.165) is 36.3 Å². The maximum Gasteiger partial charge on any atom is 0.222 e. The number of nitrogens with two attached hydrogens (primary N) is 1. The van der Waals surface area contributed by atoms with Gasteiger partial charge in [-0.2, -0.15) is 0 Å². The van der Waals surface area contributed by atoms with E-state index in [1.54, 1.807) is 0 Å². The molecule has 2 unspecified atom stereocenters. The molecule has 1 aliphatic carbocycles. The molecule has 0 aliphatic heterocycles. The number of aryl methyl sites for hydroxylation is 1. The van der Waals surface area contributed by atoms with Gasteiger partial charge in [0.1, 0.15) is 11.5 Å². The molecule has 2 rings (SSSR count). The fourth-order valence-corrected chi connectivity index (χ4v) is 2.95. The molecule has 112 valence electrons. The minimum absolute atomic E-state index is 0.0341. The Labute approximate surface area is 121 Å². The quantitative estimate of drug-likeness (QED) is 0.890. The van der Waals surface area contributed by atoms with Crippen molar-refractivity contribution in [2.75, 3.05) is 0 Å². The van der Waals surface area contributed by atoms with Gasteiger partial charge in [0.2, 0.25) is 5.91 Å². The highest BCUT2D eigenvalue weighted by Crippen LogP contribution is 2.41. The van der Waals surface area contributed by atoms with E-state index >= 15 is 0 Å². The van der Waals surface area contributed by atoms with Gasteiger partial charge in [0.05, 0.1) is 6.04 Å². The standard InChI is InChI=1S/C16H26N2O2/c1-5-11(17)7-15(19)18-13-8-16(3,4)9-14-12(13)6-10(2)20-14/h6,11,13H,5,7-9,17H2,1-4H3,(H,18,19). The highest BCUT2D eigenvalue weighted by Gasteiger charge is 2.35. The average Bonchev–Trinajstić information content (AvgIpc) is 2.67. The third kappa shape index (κ3) is 3.42. The maximum absolute atomic E-state index is 12.1. The molecule has 0 saturated carbocycles. The monoisotopic (exact) mass is 278 g/mol. The number of carbonyl (C=O) groups excluding carboxylic acids is 1. The van der Waals surface area contributed by atoms with Crippen LogP contribution < -0.4 is 11.1 Å². The molecule has 1 aliphatic rings. The van der Waals surface area contributed by atoms with E-state index < -0.39 is 0 Å². The third-order valence-corrected chi connectivity index (χ3v) is 4.04. The van der Waals surface area contributed by atoms with E-state index in [4.69, 9.17) is 10.2 Å². The average molecular weight is 278 g/mol. The largest absolute Gasteiger partial charge is 0.466 e. The zero-order valence-electron chi connectivity index (χ0n) is 13.0. The Kier molecular flexibility index (Phi) is 4.23. The molecule has 1 heterocycles. The van der Waals surface area contributed by atoms with Crippen LogP contribution in [0.2, 0.25) is 0 Å². The zero-order chi connectivity index (χ0) is 14.9. The summed E-state index contributed by atoms with van der Waals surface area (Å²) in [5.41, 5.74) is 7.13. The van der Waals surface area contributed by atoms with E-state index in [1.165, 1.54) is 0 Å². The van der Waals surface area contributed by atoms with Gasteiger partial charge in [0.25, 0.3) is 0 Å². The third-order valence-electron chi connectivity index (χ3n) is 4.04. The van der Waals surface area contributed by atoms with Crippen LogP contribution in [0.3, 0.4) is 0 Å². The molecule has 0 bridgehead atoms. The van der Waals surface area contributed by atoms with E-state index in [-0.39, 0.29) is 23.4 Å². The lowest BCUT2D eigenvalue weighted by atomic mass is 9.74. The van der Waals surface area contributed by atoms with Crippen molar-refractivity contribution in [2.45, 2.75) is 65.5 Å². The van der Waals surface area contributed by atoms with Crippen molar-refractivity contribution in [3.8, 4) is 0 Å². The lowest BCUT2D eigenvalue weighted by Gasteiger charge is -2.34. The molecule has 3 N–H and O–H groups in total. The smallest absolute Gasteiger partial charge is 0.222 e. The number of hydrogen-bond acceptors (Lipinski definition) is 3. The predicted octanol–water partition coefficient (Wildman–Crippen LogP) is 2.85. The molecule has 1 aromatic heterocycles. The minimum Gasteiger partial charge on any atom is -0.466 e. The van der Waals surface area contributed by atoms with Crippen LogP contribution in [0, 0.1) is 12.3 Å². The SMILES string of the molecule is CCC(N)CC(=O)NC1CC(C)(C)Cc2oc(C)cc21. The number of furan rings is 1. The van der Waals surface area contributed by atoms with Crippen molar-refractivity contribution in [2.24, 2.45) is 11.1 Å². The highest BCUT2D eigenvalue weighted by atomic mass is 16.3. The van der Waals surface area contributed by atoms with Crippen molar-refractivity contribution in [1.29, 1.82) is 0 Å². The van der Waals surface area contributed by atoms with Gasteiger partial charge in [-0.3, -0.25) is 4.79 Å². The summed E-state index contributed by atoms with van der Waals surface area (Å²) >= 11 is 0. The first-order chi connectivity index (χ1) is 9.30. The summed E-state index contributed by atoms with van der Waals surface area (Å²) in [5, 5.41) is 3.13. The van der Waals surface area contributed by atoms with Crippen molar-refractivity contribution >= 4 is 5.91 Å². The lowest BCUT2D eigenvalue weighted by molar-refractivity contribution is -0.122. The molecule has 2 atom stereocenters. The first-order valence-electron chi connectivity index (χ1n) is 7.45. The summed E-state index contributed by atoms with van der Waals surface area (Å²) in [6, 6.07) is 2.04. The van der Waals surface area contributed by atoms with Gasteiger partial charge in [-0.1, -0.05) is 20.8 Å². The fraction of sp³-hybridized carbons (Fsp3) is 0.688. The lowest BCUT2D eigenvalue weighted by Crippen LogP contribution is -2.38. The van der Waals surface area contributed by atoms with Gasteiger partial charge >= 0.3 is 0 Å². The Bertz CT molecular complexity index is 491. The normalized spacial score (nSPS) is 22.1. The maximum atomic E-state index is 12.1. The Balaban J connectivity index is 2.13. The number of nitrogens with one attached hydrogen (secondary N) is 1. The second-order valence-electron chi connectivity index (χ2n) is 6.77. The van der Waals surface area contributed by atoms with Crippen LogP contribution in [0.5, 0.6) is 0 Å². The minimum atomic E-state index is -0.0582. The number of hydrogen-bond donors (Lipinski definition) is 2. The van der Waals surface area contributed by atoms with Gasteiger partial charge in [-0.05, 0) is 31.2 Å². The first-order valence-corrected chi connectivity index (χ1v) is 7.45. The van der Waals surface area contributed by atoms with Gasteiger partial charge in [-0.25, -0.2) is 0 Å². The zero-order valence-corrected chi connectivity index (χ0v) is 13.0. The molecule has 20 heavy (non-hydrogen) atoms. The van der Waals surface area contributed by atoms with E-state index in [2.05, 4.69) is 25.2 Å². The van der Waals surface area contributed by atoms with E-state index in [9.17, 15) is 4.79 Å². The first kappa shape index (κ1) is 15.1. The van der Waals surface area contributed by atoms with Crippen LogP contribution in [-0.2, 0) is 11.2 Å². The molecule has 0 aromatic carbocycles. The van der Waals surface area contributed by atoms with Crippen LogP contribution in [0.1, 0.15) is 63.2 Å². The molecule has 4 heteroatoms. The van der Waals surface area contributed by atoms with E-state index in [0.29, 0.717) is 6.42 Å². The predicted molar refractivity (Wildman–Crippen MR) is 79.3 cm³/mol. The number of fused-ring (bicyclic) bond motifs is 1. The Hall–Kier alpha value is -1.29. The fourth-order valence-electron chi connectivity index (χ4n) is 2.95. The van der Waals surface area contributed by atoms with Crippen LogP contribution >= 0.6 is 0 Å². The molecule has 4 nitrogen and oxygen atoms in total. The van der Waals surface area contributed by atoms with E-state index in [1.807, 2.05) is 13.8 Å². The van der Waals surface area contributed by atoms with Gasteiger partial charge in [-0.15, -0.1) is 0 Å². The summed E-state index contributed by atoms with van der Waals surface area (Å²) in [4.78, 5) is 12.1. The number of carbonyl (C=O) groups is 1. The molecular formula is C16H26N2O2. The van der Waals surface area contributed by atoms with Crippen molar-refractivity contribution in [3.05, 3.63) is 23.2 Å². The number of amides is 1. The Morgan fingerprint density at radius 2 is 2.30 bits per heavy atom. The van der Waals surface area contributed by atoms with Crippen LogP contribution in [0.4, 0.5) is 0 Å². The summed E-state index contributed by atoms with van der Waals surface area (Å²) in [5.74, 6) is 1.97. The molecule has 0 radical (unpaired) electrons. The van der Waals surface area contributed by atoms with Crippen molar-refractivity contribution < 1.29 is 9.21 Å². The Morgan fingerprint density at radius 1 is 1.60 bits per heavy atom. The van der Waals surface area contributed by atoms with Gasteiger partial charge in [0.15, 0.2) is 0 Å². The van der Waals surface area contributed by atoms with Crippen molar-refractivity contribution in [1.82, 2.24) is 5.32 Å². The summed E-state index contributed by atoms with van der Waals surface area (Å²) in [6.45, 7) is 8.38. The summed E-state index contributed by atoms with van der Waals surface area (Å²) in [7, 11) is 0. The van der Waals surface area contributed by atoms with Crippen LogP contribution in [0.25, 0.3) is 0 Å². The van der Waals surface area contributed by atoms with Crippen LogP contribution in [-0.4, -0.2) is 11.9 Å². The second-order valence-corrected chi connectivity index (χ2v) is 6.77.